The highest BCUT2D eigenvalue weighted by molar-refractivity contribution is 5.94. The summed E-state index contributed by atoms with van der Waals surface area (Å²) >= 11 is 0. The smallest absolute Gasteiger partial charge is 0.293 e. The molecule has 2 rings (SSSR count). The van der Waals surface area contributed by atoms with E-state index in [2.05, 4.69) is 5.32 Å². The van der Waals surface area contributed by atoms with Crippen molar-refractivity contribution in [2.45, 2.75) is 20.4 Å². The van der Waals surface area contributed by atoms with Crippen molar-refractivity contribution in [2.75, 3.05) is 33.1 Å². The number of ether oxygens (including phenoxy) is 2. The molecule has 0 atom stereocenters. The first-order chi connectivity index (χ1) is 13.2. The second-order valence-corrected chi connectivity index (χ2v) is 6.62. The Kier molecular flexibility index (Phi) is 6.94. The zero-order valence-electron chi connectivity index (χ0n) is 16.7. The molecule has 8 nitrogen and oxygen atoms in total. The second-order valence-electron chi connectivity index (χ2n) is 6.62. The van der Waals surface area contributed by atoms with Crippen LogP contribution in [0.3, 0.4) is 0 Å². The van der Waals surface area contributed by atoms with Gasteiger partial charge in [0.15, 0.2) is 11.5 Å². The van der Waals surface area contributed by atoms with E-state index in [9.17, 15) is 14.9 Å². The van der Waals surface area contributed by atoms with E-state index in [-0.39, 0.29) is 23.8 Å². The lowest BCUT2D eigenvalue weighted by Crippen LogP contribution is -2.30. The summed E-state index contributed by atoms with van der Waals surface area (Å²) in [6.07, 6.45) is 0. The van der Waals surface area contributed by atoms with Gasteiger partial charge in [0.05, 0.1) is 25.7 Å². The molecule has 0 bridgehead atoms. The lowest BCUT2D eigenvalue weighted by Gasteiger charge is -2.18. The highest BCUT2D eigenvalue weighted by Crippen LogP contribution is 2.29. The van der Waals surface area contributed by atoms with Crippen LogP contribution < -0.4 is 14.8 Å². The van der Waals surface area contributed by atoms with Crippen molar-refractivity contribution in [1.29, 1.82) is 0 Å². The van der Waals surface area contributed by atoms with Crippen LogP contribution in [0.15, 0.2) is 30.3 Å². The average Bonchev–Trinajstić information content (AvgIpc) is 2.63. The molecule has 8 heteroatoms. The summed E-state index contributed by atoms with van der Waals surface area (Å²) < 4.78 is 10.5. The number of carbonyl (C=O) groups is 1. The zero-order chi connectivity index (χ0) is 20.8. The van der Waals surface area contributed by atoms with Crippen molar-refractivity contribution >= 4 is 17.3 Å². The lowest BCUT2D eigenvalue weighted by atomic mass is 10.1. The number of benzene rings is 2. The Morgan fingerprint density at radius 1 is 1.11 bits per heavy atom. The SMILES string of the molecule is COc1ccc(CN(C)CC(=O)Nc2cc(C)c(C)cc2[N+](=O)[O-])cc1OC. The molecule has 0 fully saturated rings. The second kappa shape index (κ2) is 9.18. The molecule has 28 heavy (non-hydrogen) atoms. The maximum atomic E-state index is 12.4. The third-order valence-electron chi connectivity index (χ3n) is 4.40. The first-order valence-electron chi connectivity index (χ1n) is 8.70. The normalized spacial score (nSPS) is 10.6. The maximum Gasteiger partial charge on any atom is 0.293 e. The van der Waals surface area contributed by atoms with Crippen molar-refractivity contribution in [2.24, 2.45) is 0 Å². The number of aryl methyl sites for hydroxylation is 2. The van der Waals surface area contributed by atoms with Crippen LogP contribution >= 0.6 is 0 Å². The van der Waals surface area contributed by atoms with Crippen molar-refractivity contribution in [3.8, 4) is 11.5 Å². The molecule has 1 N–H and O–H groups in total. The molecule has 0 radical (unpaired) electrons. The van der Waals surface area contributed by atoms with Gasteiger partial charge in [0.2, 0.25) is 5.91 Å². The molecular weight excluding hydrogens is 362 g/mol. The number of nitrogens with one attached hydrogen (secondary N) is 1. The zero-order valence-corrected chi connectivity index (χ0v) is 16.7. The van der Waals surface area contributed by atoms with Gasteiger partial charge in [0.1, 0.15) is 5.69 Å². The fourth-order valence-electron chi connectivity index (χ4n) is 2.83. The number of methoxy groups -OCH3 is 2. The Hall–Kier alpha value is -3.13. The molecule has 0 unspecified atom stereocenters. The molecule has 0 spiro atoms. The number of nitro groups is 1. The van der Waals surface area contributed by atoms with Crippen LogP contribution in [0.5, 0.6) is 11.5 Å². The number of hydrogen-bond acceptors (Lipinski definition) is 6. The third-order valence-corrected chi connectivity index (χ3v) is 4.40. The fourth-order valence-corrected chi connectivity index (χ4v) is 2.83. The van der Waals surface area contributed by atoms with Gasteiger partial charge in [0.25, 0.3) is 5.69 Å². The fraction of sp³-hybridized carbons (Fsp3) is 0.350. The Labute approximate surface area is 164 Å². The Morgan fingerprint density at radius 2 is 1.75 bits per heavy atom. The quantitative estimate of drug-likeness (QED) is 0.552. The first kappa shape index (κ1) is 21.2. The highest BCUT2D eigenvalue weighted by atomic mass is 16.6. The van der Waals surface area contributed by atoms with Crippen LogP contribution in [0.2, 0.25) is 0 Å². The largest absolute Gasteiger partial charge is 0.493 e. The van der Waals surface area contributed by atoms with E-state index in [1.54, 1.807) is 40.3 Å². The van der Waals surface area contributed by atoms with E-state index in [1.165, 1.54) is 6.07 Å². The van der Waals surface area contributed by atoms with Crippen molar-refractivity contribution in [3.05, 3.63) is 57.1 Å². The van der Waals surface area contributed by atoms with Gasteiger partial charge in [-0.25, -0.2) is 0 Å². The number of nitro benzene ring substituents is 1. The predicted octanol–water partition coefficient (Wildman–Crippen LogP) is 3.30. The lowest BCUT2D eigenvalue weighted by molar-refractivity contribution is -0.384. The van der Waals surface area contributed by atoms with Crippen molar-refractivity contribution < 1.29 is 19.2 Å². The minimum atomic E-state index is -0.491. The van der Waals surface area contributed by atoms with E-state index in [0.717, 1.165) is 16.7 Å². The average molecular weight is 387 g/mol. The Bertz CT molecular complexity index is 882. The Balaban J connectivity index is 2.05. The molecule has 0 aliphatic carbocycles. The van der Waals surface area contributed by atoms with Crippen molar-refractivity contribution in [3.63, 3.8) is 0 Å². The summed E-state index contributed by atoms with van der Waals surface area (Å²) in [5, 5.41) is 13.9. The van der Waals surface area contributed by atoms with Crippen LogP contribution in [0.1, 0.15) is 16.7 Å². The van der Waals surface area contributed by atoms with Gasteiger partial charge in [-0.1, -0.05) is 6.07 Å². The maximum absolute atomic E-state index is 12.4. The van der Waals surface area contributed by atoms with E-state index < -0.39 is 4.92 Å². The van der Waals surface area contributed by atoms with Gasteiger partial charge in [-0.15, -0.1) is 0 Å². The summed E-state index contributed by atoms with van der Waals surface area (Å²) in [6.45, 7) is 4.23. The van der Waals surface area contributed by atoms with Crippen LogP contribution in [-0.2, 0) is 11.3 Å². The van der Waals surface area contributed by atoms with E-state index in [0.29, 0.717) is 18.0 Å². The van der Waals surface area contributed by atoms with Gasteiger partial charge >= 0.3 is 0 Å². The van der Waals surface area contributed by atoms with E-state index in [4.69, 9.17) is 9.47 Å². The number of likely N-dealkylation sites (N-methyl/N-ethyl adjacent to an activating group) is 1. The summed E-state index contributed by atoms with van der Waals surface area (Å²) in [5.74, 6) is 0.923. The number of hydrogen-bond donors (Lipinski definition) is 1. The number of anilines is 1. The molecule has 0 aromatic heterocycles. The minimum absolute atomic E-state index is 0.0818. The molecule has 0 aliphatic rings. The molecule has 0 heterocycles. The third kappa shape index (κ3) is 5.20. The number of nitrogens with zero attached hydrogens (tertiary/aromatic N) is 2. The molecule has 0 saturated carbocycles. The molecule has 0 aliphatic heterocycles. The van der Waals surface area contributed by atoms with Crippen molar-refractivity contribution in [1.82, 2.24) is 4.90 Å². The summed E-state index contributed by atoms with van der Waals surface area (Å²) in [6, 6.07) is 8.64. The minimum Gasteiger partial charge on any atom is -0.493 e. The van der Waals surface area contributed by atoms with Crippen LogP contribution in [0.4, 0.5) is 11.4 Å². The summed E-state index contributed by atoms with van der Waals surface area (Å²) in [5.41, 5.74) is 2.72. The van der Waals surface area contributed by atoms with E-state index in [1.807, 2.05) is 24.0 Å². The summed E-state index contributed by atoms with van der Waals surface area (Å²) in [7, 11) is 4.93. The first-order valence-corrected chi connectivity index (χ1v) is 8.70. The predicted molar refractivity (Wildman–Crippen MR) is 107 cm³/mol. The van der Waals surface area contributed by atoms with Crippen LogP contribution in [0.25, 0.3) is 0 Å². The van der Waals surface area contributed by atoms with Gasteiger partial charge in [-0.3, -0.25) is 19.8 Å². The van der Waals surface area contributed by atoms with Crippen LogP contribution in [0, 0.1) is 24.0 Å². The number of amides is 1. The molecule has 1 amide bonds. The van der Waals surface area contributed by atoms with Crippen LogP contribution in [-0.4, -0.2) is 43.5 Å². The monoisotopic (exact) mass is 387 g/mol. The molecule has 2 aromatic carbocycles. The molecular formula is C20H25N3O5. The molecule has 150 valence electrons. The molecule has 0 saturated heterocycles. The Morgan fingerprint density at radius 3 is 2.36 bits per heavy atom. The number of rotatable bonds is 8. The standard InChI is InChI=1S/C20H25N3O5/c1-13-8-16(17(23(25)26)9-14(13)2)21-20(24)12-22(3)11-15-6-7-18(27-4)19(10-15)28-5/h6-10H,11-12H2,1-5H3,(H,21,24). The van der Waals surface area contributed by atoms with Gasteiger partial charge in [-0.2, -0.15) is 0 Å². The van der Waals surface area contributed by atoms with Gasteiger partial charge in [0, 0.05) is 12.6 Å². The van der Waals surface area contributed by atoms with E-state index >= 15 is 0 Å². The summed E-state index contributed by atoms with van der Waals surface area (Å²) in [4.78, 5) is 25.0. The number of carbonyl (C=O) groups excluding carboxylic acids is 1. The van der Waals surface area contributed by atoms with Gasteiger partial charge in [-0.05, 0) is 55.8 Å². The van der Waals surface area contributed by atoms with Gasteiger partial charge < -0.3 is 14.8 Å². The molecule has 2 aromatic rings. The topological polar surface area (TPSA) is 93.9 Å². The highest BCUT2D eigenvalue weighted by Gasteiger charge is 2.18.